The molecular formula is C19H15ClF3N5O. The van der Waals surface area contributed by atoms with E-state index in [1.807, 2.05) is 0 Å². The summed E-state index contributed by atoms with van der Waals surface area (Å²) in [6.07, 6.45) is -6.95. The van der Waals surface area contributed by atoms with Crippen LogP contribution in [0, 0.1) is 0 Å². The number of hydrogen-bond acceptors (Lipinski definition) is 6. The van der Waals surface area contributed by atoms with Gasteiger partial charge in [0, 0.05) is 16.7 Å². The Morgan fingerprint density at radius 2 is 1.62 bits per heavy atom. The number of azo groups is 1. The van der Waals surface area contributed by atoms with Crippen molar-refractivity contribution in [1.29, 1.82) is 0 Å². The minimum Gasteiger partial charge on any atom is -0.474 e. The molecule has 29 heavy (non-hydrogen) atoms. The summed E-state index contributed by atoms with van der Waals surface area (Å²) >= 11 is 5.81. The van der Waals surface area contributed by atoms with E-state index < -0.39 is 12.3 Å². The number of ether oxygens (including phenoxy) is 1. The number of nitrogens with two attached hydrogens (primary N) is 2. The van der Waals surface area contributed by atoms with Crippen LogP contribution >= 0.6 is 11.6 Å². The molecule has 0 aliphatic heterocycles. The van der Waals surface area contributed by atoms with Gasteiger partial charge in [0.05, 0.1) is 5.69 Å². The molecule has 0 saturated heterocycles. The summed E-state index contributed by atoms with van der Waals surface area (Å²) in [6, 6.07) is 14.6. The molecule has 0 spiro atoms. The smallest absolute Gasteiger partial charge is 0.429 e. The van der Waals surface area contributed by atoms with Gasteiger partial charge in [0.1, 0.15) is 5.82 Å². The fraction of sp³-hybridized carbons (Fsp3) is 0.105. The molecule has 0 radical (unpaired) electrons. The topological polar surface area (TPSA) is 98.9 Å². The normalized spacial score (nSPS) is 12.8. The van der Waals surface area contributed by atoms with Crippen LogP contribution in [0.15, 0.2) is 70.9 Å². The summed E-state index contributed by atoms with van der Waals surface area (Å²) in [7, 11) is 0. The molecule has 1 atom stereocenters. The van der Waals surface area contributed by atoms with Crippen LogP contribution in [-0.4, -0.2) is 11.2 Å². The third kappa shape index (κ3) is 5.14. The van der Waals surface area contributed by atoms with E-state index in [-0.39, 0.29) is 28.6 Å². The van der Waals surface area contributed by atoms with E-state index in [1.165, 1.54) is 24.3 Å². The largest absolute Gasteiger partial charge is 0.474 e. The Hall–Kier alpha value is -3.33. The quantitative estimate of drug-likeness (QED) is 0.493. The lowest BCUT2D eigenvalue weighted by molar-refractivity contribution is -0.197. The summed E-state index contributed by atoms with van der Waals surface area (Å²) in [5, 5.41) is 8.38. The second kappa shape index (κ2) is 8.36. The van der Waals surface area contributed by atoms with Crippen molar-refractivity contribution in [2.24, 2.45) is 10.2 Å². The zero-order valence-corrected chi connectivity index (χ0v) is 15.5. The number of anilines is 2. The van der Waals surface area contributed by atoms with Gasteiger partial charge in [-0.2, -0.15) is 18.3 Å². The van der Waals surface area contributed by atoms with E-state index in [0.717, 1.165) is 6.07 Å². The fourth-order valence-electron chi connectivity index (χ4n) is 2.44. The number of pyridine rings is 1. The molecule has 1 unspecified atom stereocenters. The second-order valence-electron chi connectivity index (χ2n) is 5.91. The number of rotatable bonds is 5. The number of hydrogen-bond donors (Lipinski definition) is 2. The maximum Gasteiger partial charge on any atom is 0.429 e. The first kappa shape index (κ1) is 20.4. The van der Waals surface area contributed by atoms with Gasteiger partial charge in [-0.3, -0.25) is 0 Å². The number of aromatic nitrogens is 1. The van der Waals surface area contributed by atoms with Gasteiger partial charge in [0.2, 0.25) is 6.10 Å². The summed E-state index contributed by atoms with van der Waals surface area (Å²) in [5.41, 5.74) is 11.6. The molecule has 0 amide bonds. The Morgan fingerprint density at radius 3 is 2.24 bits per heavy atom. The molecule has 2 aromatic carbocycles. The average molecular weight is 422 g/mol. The minimum atomic E-state index is -4.70. The van der Waals surface area contributed by atoms with Crippen LogP contribution in [0.4, 0.5) is 36.2 Å². The predicted molar refractivity (Wildman–Crippen MR) is 105 cm³/mol. The Morgan fingerprint density at radius 1 is 0.966 bits per heavy atom. The average Bonchev–Trinajstić information content (AvgIpc) is 2.66. The van der Waals surface area contributed by atoms with Gasteiger partial charge in [0.15, 0.2) is 17.3 Å². The number of alkyl halides is 3. The minimum absolute atomic E-state index is 0.0884. The lowest BCUT2D eigenvalue weighted by atomic mass is 10.1. The second-order valence-corrected chi connectivity index (χ2v) is 6.34. The molecule has 0 aliphatic rings. The standard InChI is InChI=1S/C19H15ClF3N5O/c20-12-6-8-13(9-7-12)27-28-16-14(10-15(24)26-18(16)25)29-17(19(21,22)23)11-4-2-1-3-5-11/h1-10,17H,(H4,24,25,26)/b28-27+. The highest BCUT2D eigenvalue weighted by molar-refractivity contribution is 6.30. The Labute approximate surface area is 169 Å². The first-order chi connectivity index (χ1) is 13.7. The molecule has 4 N–H and O–H groups in total. The number of nitrogens with zero attached hydrogens (tertiary/aromatic N) is 3. The molecule has 3 aromatic rings. The third-order valence-electron chi connectivity index (χ3n) is 3.74. The van der Waals surface area contributed by atoms with Gasteiger partial charge in [-0.25, -0.2) is 4.98 Å². The van der Waals surface area contributed by atoms with Gasteiger partial charge in [-0.05, 0) is 24.3 Å². The predicted octanol–water partition coefficient (Wildman–Crippen LogP) is 6.00. The third-order valence-corrected chi connectivity index (χ3v) is 3.99. The highest BCUT2D eigenvalue weighted by Crippen LogP contribution is 2.42. The zero-order chi connectivity index (χ0) is 21.0. The number of halogens is 4. The Bertz CT molecular complexity index is 1010. The van der Waals surface area contributed by atoms with E-state index in [4.69, 9.17) is 27.8 Å². The Balaban J connectivity index is 2.00. The number of nitrogen functional groups attached to an aromatic ring is 2. The highest BCUT2D eigenvalue weighted by Gasteiger charge is 2.43. The van der Waals surface area contributed by atoms with Gasteiger partial charge in [0.25, 0.3) is 0 Å². The van der Waals surface area contributed by atoms with Crippen LogP contribution in [0.1, 0.15) is 11.7 Å². The molecule has 10 heteroatoms. The molecule has 1 heterocycles. The van der Waals surface area contributed by atoms with Crippen LogP contribution in [0.3, 0.4) is 0 Å². The van der Waals surface area contributed by atoms with Crippen molar-refractivity contribution in [2.45, 2.75) is 12.3 Å². The molecule has 6 nitrogen and oxygen atoms in total. The molecular weight excluding hydrogens is 407 g/mol. The van der Waals surface area contributed by atoms with Crippen LogP contribution in [0.5, 0.6) is 5.75 Å². The maximum absolute atomic E-state index is 13.6. The SMILES string of the molecule is Nc1cc(OC(c2ccccc2)C(F)(F)F)c(/N=N/c2ccc(Cl)cc2)c(N)n1. The Kier molecular flexibility index (Phi) is 5.88. The molecule has 0 saturated carbocycles. The number of benzene rings is 2. The van der Waals surface area contributed by atoms with Gasteiger partial charge in [-0.1, -0.05) is 41.9 Å². The lowest BCUT2D eigenvalue weighted by Gasteiger charge is -2.23. The molecule has 150 valence electrons. The zero-order valence-electron chi connectivity index (χ0n) is 14.8. The van der Waals surface area contributed by atoms with Crippen LogP contribution in [-0.2, 0) is 0 Å². The van der Waals surface area contributed by atoms with E-state index >= 15 is 0 Å². The van der Waals surface area contributed by atoms with Crippen molar-refractivity contribution in [3.63, 3.8) is 0 Å². The van der Waals surface area contributed by atoms with Gasteiger partial charge in [-0.15, -0.1) is 5.11 Å². The van der Waals surface area contributed by atoms with E-state index in [0.29, 0.717) is 10.7 Å². The molecule has 0 bridgehead atoms. The van der Waals surface area contributed by atoms with Crippen LogP contribution in [0.25, 0.3) is 0 Å². The lowest BCUT2D eigenvalue weighted by Crippen LogP contribution is -2.26. The highest BCUT2D eigenvalue weighted by atomic mass is 35.5. The fourth-order valence-corrected chi connectivity index (χ4v) is 2.56. The molecule has 0 fully saturated rings. The van der Waals surface area contributed by atoms with E-state index in [9.17, 15) is 13.2 Å². The van der Waals surface area contributed by atoms with E-state index in [1.54, 1.807) is 30.3 Å². The van der Waals surface area contributed by atoms with Crippen LogP contribution in [0.2, 0.25) is 5.02 Å². The molecule has 1 aromatic heterocycles. The summed E-state index contributed by atoms with van der Waals surface area (Å²) < 4.78 is 46.2. The van der Waals surface area contributed by atoms with Crippen molar-refractivity contribution >= 4 is 34.6 Å². The van der Waals surface area contributed by atoms with E-state index in [2.05, 4.69) is 15.2 Å². The van der Waals surface area contributed by atoms with Crippen molar-refractivity contribution in [1.82, 2.24) is 4.98 Å². The summed E-state index contributed by atoms with van der Waals surface area (Å²) in [6.45, 7) is 0. The van der Waals surface area contributed by atoms with Crippen LogP contribution < -0.4 is 16.2 Å². The maximum atomic E-state index is 13.6. The summed E-state index contributed by atoms with van der Waals surface area (Å²) in [5.74, 6) is -0.623. The van der Waals surface area contributed by atoms with Crippen molar-refractivity contribution in [2.75, 3.05) is 11.5 Å². The van der Waals surface area contributed by atoms with Crippen molar-refractivity contribution in [3.05, 3.63) is 71.2 Å². The van der Waals surface area contributed by atoms with Crippen molar-refractivity contribution in [3.8, 4) is 5.75 Å². The monoisotopic (exact) mass is 421 g/mol. The van der Waals surface area contributed by atoms with Gasteiger partial charge >= 0.3 is 6.18 Å². The first-order valence-electron chi connectivity index (χ1n) is 8.25. The van der Waals surface area contributed by atoms with Crippen molar-refractivity contribution < 1.29 is 17.9 Å². The molecule has 0 aliphatic carbocycles. The summed E-state index contributed by atoms with van der Waals surface area (Å²) in [4.78, 5) is 3.82. The molecule has 3 rings (SSSR count). The van der Waals surface area contributed by atoms with Gasteiger partial charge < -0.3 is 16.2 Å². The first-order valence-corrected chi connectivity index (χ1v) is 8.63.